The summed E-state index contributed by atoms with van der Waals surface area (Å²) in [6.45, 7) is 3.94. The summed E-state index contributed by atoms with van der Waals surface area (Å²) in [4.78, 5) is 13.1. The first-order valence-electron chi connectivity index (χ1n) is 7.07. The Morgan fingerprint density at radius 2 is 1.78 bits per heavy atom. The molecule has 0 bridgehead atoms. The molecule has 23 heavy (non-hydrogen) atoms. The molecular weight excluding hydrogens is 310 g/mol. The van der Waals surface area contributed by atoms with E-state index >= 15 is 0 Å². The Labute approximate surface area is 136 Å². The van der Waals surface area contributed by atoms with Crippen molar-refractivity contribution in [2.75, 3.05) is 0 Å². The van der Waals surface area contributed by atoms with Crippen molar-refractivity contribution in [3.05, 3.63) is 77.6 Å². The third-order valence-corrected chi connectivity index (χ3v) is 5.00. The van der Waals surface area contributed by atoms with Crippen LogP contribution in [-0.2, 0) is 17.7 Å². The molecule has 2 aromatic carbocycles. The topological polar surface area (TPSA) is 65.3 Å². The van der Waals surface area contributed by atoms with Crippen molar-refractivity contribution in [2.24, 2.45) is 0 Å². The van der Waals surface area contributed by atoms with E-state index in [1.54, 1.807) is 60.7 Å². The number of benzene rings is 2. The minimum absolute atomic E-state index is 0.100. The molecule has 0 spiro atoms. The van der Waals surface area contributed by atoms with Gasteiger partial charge in [0.05, 0.1) is 5.52 Å². The van der Waals surface area contributed by atoms with Gasteiger partial charge < -0.3 is 9.66 Å². The third-order valence-electron chi connectivity index (χ3n) is 3.56. The Kier molecular flexibility index (Phi) is 4.23. The fourth-order valence-electron chi connectivity index (χ4n) is 2.50. The number of fused-ring (bicyclic) bond motifs is 1. The van der Waals surface area contributed by atoms with Gasteiger partial charge in [0.15, 0.2) is 10.6 Å². The predicted octanol–water partition coefficient (Wildman–Crippen LogP) is 3.06. The van der Waals surface area contributed by atoms with Crippen LogP contribution >= 0.6 is 0 Å². The van der Waals surface area contributed by atoms with Gasteiger partial charge in [-0.25, -0.2) is 0 Å². The highest BCUT2D eigenvalue weighted by Gasteiger charge is 2.27. The summed E-state index contributed by atoms with van der Waals surface area (Å²) < 4.78 is 14.3. The highest BCUT2D eigenvalue weighted by atomic mass is 32.2. The number of allylic oxidation sites excluding steroid dienone is 1. The molecule has 1 atom stereocenters. The SMILES string of the molecule is C=CCn1c(=O)c([S+]([O-])c2ccccc2)c(O)c2ccccc21. The van der Waals surface area contributed by atoms with Crippen molar-refractivity contribution < 1.29 is 9.66 Å². The lowest BCUT2D eigenvalue weighted by Gasteiger charge is -2.15. The van der Waals surface area contributed by atoms with Crippen LogP contribution in [0.4, 0.5) is 0 Å². The van der Waals surface area contributed by atoms with Crippen LogP contribution in [0.5, 0.6) is 5.75 Å². The van der Waals surface area contributed by atoms with E-state index in [0.29, 0.717) is 15.8 Å². The molecular formula is C18H15NO3S. The molecule has 0 aliphatic rings. The molecule has 5 heteroatoms. The summed E-state index contributed by atoms with van der Waals surface area (Å²) in [5.74, 6) is -0.229. The lowest BCUT2D eigenvalue weighted by Crippen LogP contribution is -2.26. The molecule has 0 fully saturated rings. The Bertz CT molecular complexity index is 919. The number of hydrogen-bond acceptors (Lipinski definition) is 3. The van der Waals surface area contributed by atoms with Crippen molar-refractivity contribution in [2.45, 2.75) is 16.3 Å². The maximum Gasteiger partial charge on any atom is 0.311 e. The summed E-state index contributed by atoms with van der Waals surface area (Å²) in [7, 11) is 0. The zero-order valence-corrected chi connectivity index (χ0v) is 13.1. The lowest BCUT2D eigenvalue weighted by atomic mass is 10.2. The quantitative estimate of drug-likeness (QED) is 0.592. The van der Waals surface area contributed by atoms with Crippen molar-refractivity contribution in [1.29, 1.82) is 0 Å². The molecule has 116 valence electrons. The second-order valence-electron chi connectivity index (χ2n) is 4.98. The van der Waals surface area contributed by atoms with Gasteiger partial charge in [0.2, 0.25) is 0 Å². The van der Waals surface area contributed by atoms with Gasteiger partial charge >= 0.3 is 5.56 Å². The zero-order chi connectivity index (χ0) is 16.4. The molecule has 1 heterocycles. The average Bonchev–Trinajstić information content (AvgIpc) is 2.59. The maximum absolute atomic E-state index is 12.8. The van der Waals surface area contributed by atoms with E-state index in [2.05, 4.69) is 6.58 Å². The molecule has 0 saturated carbocycles. The first kappa shape index (κ1) is 15.4. The van der Waals surface area contributed by atoms with Gasteiger partial charge in [0, 0.05) is 23.1 Å². The fraction of sp³-hybridized carbons (Fsp3) is 0.0556. The molecule has 0 amide bonds. The number of hydrogen-bond donors (Lipinski definition) is 1. The summed E-state index contributed by atoms with van der Waals surface area (Å²) in [6, 6.07) is 15.6. The average molecular weight is 325 g/mol. The van der Waals surface area contributed by atoms with Gasteiger partial charge in [0.25, 0.3) is 4.90 Å². The highest BCUT2D eigenvalue weighted by molar-refractivity contribution is 7.91. The minimum Gasteiger partial charge on any atom is -0.606 e. The highest BCUT2D eigenvalue weighted by Crippen LogP contribution is 2.32. The Morgan fingerprint density at radius 3 is 2.48 bits per heavy atom. The molecule has 0 aliphatic heterocycles. The Balaban J connectivity index is 2.33. The van der Waals surface area contributed by atoms with Gasteiger partial charge in [0.1, 0.15) is 0 Å². The van der Waals surface area contributed by atoms with E-state index < -0.39 is 16.7 Å². The van der Waals surface area contributed by atoms with Crippen LogP contribution in [0.15, 0.2) is 81.8 Å². The summed E-state index contributed by atoms with van der Waals surface area (Å²) in [5, 5.41) is 11.0. The monoisotopic (exact) mass is 325 g/mol. The predicted molar refractivity (Wildman–Crippen MR) is 91.2 cm³/mol. The van der Waals surface area contributed by atoms with Gasteiger partial charge in [-0.05, 0) is 24.3 Å². The number of nitrogens with zero attached hydrogens (tertiary/aromatic N) is 1. The Hall–Kier alpha value is -2.50. The normalized spacial score (nSPS) is 12.2. The second kappa shape index (κ2) is 6.32. The van der Waals surface area contributed by atoms with Gasteiger partial charge in [-0.15, -0.1) is 6.58 Å². The zero-order valence-electron chi connectivity index (χ0n) is 12.3. The number of aromatic nitrogens is 1. The lowest BCUT2D eigenvalue weighted by molar-refractivity contribution is 0.460. The van der Waals surface area contributed by atoms with Gasteiger partial charge in [-0.3, -0.25) is 9.36 Å². The van der Waals surface area contributed by atoms with E-state index in [1.165, 1.54) is 4.57 Å². The molecule has 0 saturated heterocycles. The second-order valence-corrected chi connectivity index (χ2v) is 6.40. The van der Waals surface area contributed by atoms with Crippen LogP contribution in [0.25, 0.3) is 10.9 Å². The van der Waals surface area contributed by atoms with Crippen LogP contribution in [-0.4, -0.2) is 14.2 Å². The maximum atomic E-state index is 12.8. The van der Waals surface area contributed by atoms with Gasteiger partial charge in [-0.2, -0.15) is 0 Å². The standard InChI is InChI=1S/C18H15NO3S/c1-2-12-19-15-11-7-6-10-14(15)16(20)17(18(19)21)23(22)13-8-4-3-5-9-13/h2-11,20H,1,12H2. The number of aromatic hydroxyl groups is 1. The molecule has 3 rings (SSSR count). The largest absolute Gasteiger partial charge is 0.606 e. The summed E-state index contributed by atoms with van der Waals surface area (Å²) in [6.07, 6.45) is 1.60. The number of para-hydroxylation sites is 1. The van der Waals surface area contributed by atoms with Crippen LogP contribution in [0, 0.1) is 0 Å². The molecule has 4 nitrogen and oxygen atoms in total. The molecule has 1 aromatic heterocycles. The number of rotatable bonds is 4. The number of pyridine rings is 1. The molecule has 3 aromatic rings. The van der Waals surface area contributed by atoms with Crippen molar-refractivity contribution >= 4 is 22.1 Å². The van der Waals surface area contributed by atoms with Crippen molar-refractivity contribution in [3.8, 4) is 5.75 Å². The first-order chi connectivity index (χ1) is 11.1. The van der Waals surface area contributed by atoms with E-state index in [-0.39, 0.29) is 17.2 Å². The van der Waals surface area contributed by atoms with E-state index in [1.807, 2.05) is 0 Å². The summed E-state index contributed by atoms with van der Waals surface area (Å²) in [5.41, 5.74) is 0.118. The van der Waals surface area contributed by atoms with E-state index in [9.17, 15) is 14.5 Å². The van der Waals surface area contributed by atoms with E-state index in [4.69, 9.17) is 0 Å². The van der Waals surface area contributed by atoms with Crippen LogP contribution in [0.1, 0.15) is 0 Å². The third kappa shape index (κ3) is 2.65. The van der Waals surface area contributed by atoms with Crippen LogP contribution in [0.3, 0.4) is 0 Å². The first-order valence-corrected chi connectivity index (χ1v) is 8.22. The van der Waals surface area contributed by atoms with E-state index in [0.717, 1.165) is 0 Å². The smallest absolute Gasteiger partial charge is 0.311 e. The van der Waals surface area contributed by atoms with Crippen molar-refractivity contribution in [1.82, 2.24) is 4.57 Å². The van der Waals surface area contributed by atoms with Crippen LogP contribution < -0.4 is 5.56 Å². The summed E-state index contributed by atoms with van der Waals surface area (Å²) >= 11 is -1.76. The van der Waals surface area contributed by atoms with Crippen LogP contribution in [0.2, 0.25) is 0 Å². The fourth-order valence-corrected chi connectivity index (χ4v) is 3.70. The molecule has 1 N–H and O–H groups in total. The Morgan fingerprint density at radius 1 is 1.13 bits per heavy atom. The van der Waals surface area contributed by atoms with Gasteiger partial charge in [-0.1, -0.05) is 36.4 Å². The molecule has 0 aliphatic carbocycles. The minimum atomic E-state index is -1.76. The molecule has 0 radical (unpaired) electrons. The molecule has 1 unspecified atom stereocenters. The van der Waals surface area contributed by atoms with Crippen molar-refractivity contribution in [3.63, 3.8) is 0 Å².